The second-order valence-electron chi connectivity index (χ2n) is 8.57. The summed E-state index contributed by atoms with van der Waals surface area (Å²) in [4.78, 5) is 5.17. The Bertz CT molecular complexity index is 516. The first-order valence-corrected chi connectivity index (χ1v) is 9.86. The summed E-state index contributed by atoms with van der Waals surface area (Å²) in [6, 6.07) is 0.533. The first-order valence-electron chi connectivity index (χ1n) is 9.86. The van der Waals surface area contributed by atoms with Gasteiger partial charge in [-0.3, -0.25) is 4.90 Å². The first-order chi connectivity index (χ1) is 11.5. The number of nitrogens with zero attached hydrogens (tertiary/aromatic N) is 5. The van der Waals surface area contributed by atoms with Crippen LogP contribution in [0.15, 0.2) is 6.20 Å². The largest absolute Gasteiger partial charge is 0.303 e. The van der Waals surface area contributed by atoms with Gasteiger partial charge in [0.1, 0.15) is 0 Å². The van der Waals surface area contributed by atoms with Crippen molar-refractivity contribution >= 4 is 0 Å². The zero-order valence-corrected chi connectivity index (χ0v) is 16.0. The molecular formula is C19H35N5. The highest BCUT2D eigenvalue weighted by molar-refractivity contribution is 4.98. The van der Waals surface area contributed by atoms with Gasteiger partial charge in [-0.1, -0.05) is 25.5 Å². The lowest BCUT2D eigenvalue weighted by molar-refractivity contribution is 0.158. The molecule has 1 aromatic rings. The van der Waals surface area contributed by atoms with Gasteiger partial charge in [-0.25, -0.2) is 4.68 Å². The Balaban J connectivity index is 1.51. The Hall–Kier alpha value is -0.940. The van der Waals surface area contributed by atoms with Crippen LogP contribution in [0.2, 0.25) is 0 Å². The third-order valence-corrected chi connectivity index (χ3v) is 6.18. The molecule has 0 unspecified atom stereocenters. The van der Waals surface area contributed by atoms with Crippen LogP contribution < -0.4 is 0 Å². The molecule has 0 amide bonds. The Labute approximate surface area is 147 Å². The summed E-state index contributed by atoms with van der Waals surface area (Å²) in [6.07, 6.45) is 8.47. The third-order valence-electron chi connectivity index (χ3n) is 6.18. The SMILES string of the molecule is CC[C@@H](C)CN1CCC(n2cc(CN3CCCC3(C)C)nn2)CC1. The summed E-state index contributed by atoms with van der Waals surface area (Å²) in [5.74, 6) is 0.809. The molecule has 0 aliphatic carbocycles. The molecule has 3 heterocycles. The van der Waals surface area contributed by atoms with E-state index >= 15 is 0 Å². The predicted octanol–water partition coefficient (Wildman–Crippen LogP) is 3.34. The van der Waals surface area contributed by atoms with Gasteiger partial charge in [-0.05, 0) is 52.0 Å². The molecule has 0 bridgehead atoms. The maximum absolute atomic E-state index is 4.46. The highest BCUT2D eigenvalue weighted by Crippen LogP contribution is 2.29. The van der Waals surface area contributed by atoms with Crippen LogP contribution in [0.5, 0.6) is 0 Å². The smallest absolute Gasteiger partial charge is 0.0967 e. The van der Waals surface area contributed by atoms with Gasteiger partial charge in [0, 0.05) is 31.7 Å². The molecule has 0 aromatic carbocycles. The van der Waals surface area contributed by atoms with Crippen molar-refractivity contribution in [2.75, 3.05) is 26.2 Å². The quantitative estimate of drug-likeness (QED) is 0.800. The minimum atomic E-state index is 0.311. The molecule has 3 rings (SSSR count). The van der Waals surface area contributed by atoms with Crippen molar-refractivity contribution in [2.45, 2.75) is 77.9 Å². The minimum absolute atomic E-state index is 0.311. The van der Waals surface area contributed by atoms with E-state index in [1.165, 1.54) is 58.3 Å². The summed E-state index contributed by atoms with van der Waals surface area (Å²) in [5, 5.41) is 8.91. The van der Waals surface area contributed by atoms with E-state index in [0.29, 0.717) is 11.6 Å². The Morgan fingerprint density at radius 1 is 1.25 bits per heavy atom. The highest BCUT2D eigenvalue weighted by Gasteiger charge is 2.32. The summed E-state index contributed by atoms with van der Waals surface area (Å²) in [7, 11) is 0. The summed E-state index contributed by atoms with van der Waals surface area (Å²) in [6.45, 7) is 15.1. The van der Waals surface area contributed by atoms with Crippen LogP contribution in [-0.4, -0.2) is 56.5 Å². The van der Waals surface area contributed by atoms with Crippen LogP contribution in [0.25, 0.3) is 0 Å². The molecule has 136 valence electrons. The average molecular weight is 334 g/mol. The number of likely N-dealkylation sites (tertiary alicyclic amines) is 2. The second-order valence-corrected chi connectivity index (χ2v) is 8.57. The Morgan fingerprint density at radius 2 is 2.00 bits per heavy atom. The van der Waals surface area contributed by atoms with E-state index < -0.39 is 0 Å². The topological polar surface area (TPSA) is 37.2 Å². The molecule has 2 aliphatic rings. The van der Waals surface area contributed by atoms with Gasteiger partial charge in [-0.2, -0.15) is 0 Å². The minimum Gasteiger partial charge on any atom is -0.303 e. The molecule has 0 spiro atoms. The Kier molecular flexibility index (Phi) is 5.60. The fourth-order valence-electron chi connectivity index (χ4n) is 4.15. The van der Waals surface area contributed by atoms with Crippen LogP contribution in [0, 0.1) is 5.92 Å². The average Bonchev–Trinajstić information content (AvgIpc) is 3.15. The van der Waals surface area contributed by atoms with Gasteiger partial charge in [0.15, 0.2) is 0 Å². The fraction of sp³-hybridized carbons (Fsp3) is 0.895. The van der Waals surface area contributed by atoms with E-state index in [4.69, 9.17) is 0 Å². The van der Waals surface area contributed by atoms with Gasteiger partial charge in [0.05, 0.1) is 17.9 Å². The fourth-order valence-corrected chi connectivity index (χ4v) is 4.15. The standard InChI is InChI=1S/C19H35N5/c1-5-16(2)13-22-11-7-18(8-12-22)24-15-17(20-21-24)14-23-10-6-9-19(23,3)4/h15-16,18H,5-14H2,1-4H3/t16-/m1/s1. The summed E-state index contributed by atoms with van der Waals surface area (Å²) in [5.41, 5.74) is 1.44. The molecule has 0 saturated carbocycles. The molecule has 0 radical (unpaired) electrons. The lowest BCUT2D eigenvalue weighted by Gasteiger charge is -2.33. The maximum Gasteiger partial charge on any atom is 0.0967 e. The molecule has 2 saturated heterocycles. The van der Waals surface area contributed by atoms with E-state index in [-0.39, 0.29) is 0 Å². The van der Waals surface area contributed by atoms with Crippen molar-refractivity contribution in [2.24, 2.45) is 5.92 Å². The highest BCUT2D eigenvalue weighted by atomic mass is 15.4. The maximum atomic E-state index is 4.46. The van der Waals surface area contributed by atoms with Crippen molar-refractivity contribution in [1.82, 2.24) is 24.8 Å². The molecule has 5 heteroatoms. The van der Waals surface area contributed by atoms with E-state index in [1.807, 2.05) is 0 Å². The molecule has 1 atom stereocenters. The number of rotatable bonds is 6. The number of aromatic nitrogens is 3. The molecule has 1 aromatic heterocycles. The van der Waals surface area contributed by atoms with Crippen LogP contribution in [-0.2, 0) is 6.54 Å². The van der Waals surface area contributed by atoms with Crippen molar-refractivity contribution in [3.05, 3.63) is 11.9 Å². The monoisotopic (exact) mass is 333 g/mol. The van der Waals surface area contributed by atoms with Crippen LogP contribution in [0.1, 0.15) is 71.5 Å². The second kappa shape index (κ2) is 7.52. The zero-order valence-electron chi connectivity index (χ0n) is 16.0. The molecular weight excluding hydrogens is 298 g/mol. The molecule has 2 aliphatic heterocycles. The summed E-state index contributed by atoms with van der Waals surface area (Å²) >= 11 is 0. The predicted molar refractivity (Wildman–Crippen MR) is 97.9 cm³/mol. The molecule has 0 N–H and O–H groups in total. The first kappa shape index (κ1) is 17.9. The van der Waals surface area contributed by atoms with Gasteiger partial charge in [-0.15, -0.1) is 5.10 Å². The normalized spacial score (nSPS) is 24.5. The van der Waals surface area contributed by atoms with Gasteiger partial charge in [0.25, 0.3) is 0 Å². The van der Waals surface area contributed by atoms with Crippen LogP contribution in [0.4, 0.5) is 0 Å². The zero-order chi connectivity index (χ0) is 17.2. The number of piperidine rings is 1. The lowest BCUT2D eigenvalue weighted by Crippen LogP contribution is -2.37. The van der Waals surface area contributed by atoms with Gasteiger partial charge < -0.3 is 4.90 Å². The van der Waals surface area contributed by atoms with Gasteiger partial charge >= 0.3 is 0 Å². The van der Waals surface area contributed by atoms with Crippen LogP contribution >= 0.6 is 0 Å². The van der Waals surface area contributed by atoms with E-state index in [1.54, 1.807) is 0 Å². The van der Waals surface area contributed by atoms with E-state index in [2.05, 4.69) is 58.7 Å². The van der Waals surface area contributed by atoms with E-state index in [0.717, 1.165) is 18.2 Å². The van der Waals surface area contributed by atoms with Crippen molar-refractivity contribution in [3.63, 3.8) is 0 Å². The Morgan fingerprint density at radius 3 is 2.62 bits per heavy atom. The summed E-state index contributed by atoms with van der Waals surface area (Å²) < 4.78 is 2.14. The van der Waals surface area contributed by atoms with Gasteiger partial charge in [0.2, 0.25) is 0 Å². The number of hydrogen-bond donors (Lipinski definition) is 0. The molecule has 2 fully saturated rings. The molecule has 5 nitrogen and oxygen atoms in total. The van der Waals surface area contributed by atoms with Crippen molar-refractivity contribution in [3.8, 4) is 0 Å². The molecule has 24 heavy (non-hydrogen) atoms. The van der Waals surface area contributed by atoms with E-state index in [9.17, 15) is 0 Å². The third kappa shape index (κ3) is 4.17. The van der Waals surface area contributed by atoms with Crippen LogP contribution in [0.3, 0.4) is 0 Å². The lowest BCUT2D eigenvalue weighted by atomic mass is 10.0. The number of hydrogen-bond acceptors (Lipinski definition) is 4. The van der Waals surface area contributed by atoms with Crippen molar-refractivity contribution in [1.29, 1.82) is 0 Å². The van der Waals surface area contributed by atoms with Crippen molar-refractivity contribution < 1.29 is 0 Å².